The van der Waals surface area contributed by atoms with Gasteiger partial charge in [-0.2, -0.15) is 0 Å². The maximum absolute atomic E-state index is 13.3. The second-order valence-electron chi connectivity index (χ2n) is 9.40. The van der Waals surface area contributed by atoms with Gasteiger partial charge in [-0.25, -0.2) is 8.42 Å². The zero-order valence-corrected chi connectivity index (χ0v) is 22.5. The monoisotopic (exact) mass is 562 g/mol. The van der Waals surface area contributed by atoms with Crippen molar-refractivity contribution in [1.82, 2.24) is 0 Å². The van der Waals surface area contributed by atoms with Gasteiger partial charge >= 0.3 is 0 Å². The van der Waals surface area contributed by atoms with E-state index in [0.717, 1.165) is 23.2 Å². The number of rotatable bonds is 6. The van der Waals surface area contributed by atoms with Crippen LogP contribution in [-0.4, -0.2) is 8.42 Å². The van der Waals surface area contributed by atoms with Crippen LogP contribution in [0.5, 0.6) is 11.5 Å². The van der Waals surface area contributed by atoms with Gasteiger partial charge in [-0.3, -0.25) is 4.72 Å². The highest BCUT2D eigenvalue weighted by Crippen LogP contribution is 2.52. The van der Waals surface area contributed by atoms with Crippen LogP contribution in [0.15, 0.2) is 108 Å². The van der Waals surface area contributed by atoms with E-state index < -0.39 is 10.0 Å². The molecular formula is C30H24Cl2N2O3S. The van der Waals surface area contributed by atoms with Gasteiger partial charge in [-0.05, 0) is 84.6 Å². The lowest BCUT2D eigenvalue weighted by Gasteiger charge is -2.38. The molecule has 2 aliphatic rings. The van der Waals surface area contributed by atoms with Crippen molar-refractivity contribution in [2.24, 2.45) is 5.92 Å². The first-order valence-corrected chi connectivity index (χ1v) is 14.5. The summed E-state index contributed by atoms with van der Waals surface area (Å²) in [4.78, 5) is 0.205. The molecule has 4 aromatic carbocycles. The van der Waals surface area contributed by atoms with E-state index in [-0.39, 0.29) is 22.8 Å². The fourth-order valence-corrected chi connectivity index (χ4v) is 6.99. The normalized spacial score (nSPS) is 19.8. The van der Waals surface area contributed by atoms with Gasteiger partial charge in [0.25, 0.3) is 10.0 Å². The molecule has 1 heterocycles. The lowest BCUT2D eigenvalue weighted by atomic mass is 9.77. The summed E-state index contributed by atoms with van der Waals surface area (Å²) in [7, 11) is -3.81. The van der Waals surface area contributed by atoms with Gasteiger partial charge in [0.15, 0.2) is 0 Å². The Kier molecular flexibility index (Phi) is 6.56. The second kappa shape index (κ2) is 10.0. The van der Waals surface area contributed by atoms with E-state index in [1.807, 2.05) is 54.6 Å². The van der Waals surface area contributed by atoms with Crippen LogP contribution in [0.4, 0.5) is 11.4 Å². The number of halogens is 2. The largest absolute Gasteiger partial charge is 0.457 e. The van der Waals surface area contributed by atoms with E-state index in [0.29, 0.717) is 27.2 Å². The van der Waals surface area contributed by atoms with Crippen molar-refractivity contribution in [2.75, 3.05) is 10.0 Å². The summed E-state index contributed by atoms with van der Waals surface area (Å²) in [6.07, 6.45) is 5.13. The van der Waals surface area contributed by atoms with E-state index >= 15 is 0 Å². The van der Waals surface area contributed by atoms with Gasteiger partial charge in [-0.1, -0.05) is 59.6 Å². The summed E-state index contributed by atoms with van der Waals surface area (Å²) in [5, 5.41) is 4.82. The average molecular weight is 564 g/mol. The number of sulfonamides is 1. The van der Waals surface area contributed by atoms with Gasteiger partial charge in [0.1, 0.15) is 11.5 Å². The summed E-state index contributed by atoms with van der Waals surface area (Å²) in [5.41, 5.74) is 3.14. The molecule has 1 aliphatic heterocycles. The highest BCUT2D eigenvalue weighted by molar-refractivity contribution is 7.92. The van der Waals surface area contributed by atoms with E-state index in [1.54, 1.807) is 36.4 Å². The minimum absolute atomic E-state index is 0.0492. The summed E-state index contributed by atoms with van der Waals surface area (Å²) in [6.45, 7) is 0. The van der Waals surface area contributed by atoms with Gasteiger partial charge in [-0.15, -0.1) is 0 Å². The molecule has 0 amide bonds. The van der Waals surface area contributed by atoms with Crippen LogP contribution < -0.4 is 14.8 Å². The van der Waals surface area contributed by atoms with Crippen molar-refractivity contribution in [3.63, 3.8) is 0 Å². The maximum atomic E-state index is 13.3. The lowest BCUT2D eigenvalue weighted by molar-refractivity contribution is 0.425. The Morgan fingerprint density at radius 3 is 2.29 bits per heavy atom. The van der Waals surface area contributed by atoms with Gasteiger partial charge < -0.3 is 10.1 Å². The molecule has 0 unspecified atom stereocenters. The number of anilines is 2. The van der Waals surface area contributed by atoms with E-state index in [2.05, 4.69) is 22.2 Å². The summed E-state index contributed by atoms with van der Waals surface area (Å²) in [5.74, 6) is 1.55. The Morgan fingerprint density at radius 1 is 0.842 bits per heavy atom. The fourth-order valence-electron chi connectivity index (χ4n) is 5.26. The van der Waals surface area contributed by atoms with Crippen molar-refractivity contribution in [2.45, 2.75) is 23.3 Å². The van der Waals surface area contributed by atoms with Crippen molar-refractivity contribution in [3.8, 4) is 11.5 Å². The van der Waals surface area contributed by atoms with Crippen molar-refractivity contribution < 1.29 is 13.2 Å². The second-order valence-corrected chi connectivity index (χ2v) is 11.9. The fraction of sp³-hybridized carbons (Fsp3) is 0.133. The Labute approximate surface area is 232 Å². The molecule has 0 spiro atoms. The van der Waals surface area contributed by atoms with Crippen LogP contribution in [0.3, 0.4) is 0 Å². The minimum atomic E-state index is -3.81. The zero-order chi connectivity index (χ0) is 26.3. The number of para-hydroxylation sites is 1. The number of hydrogen-bond acceptors (Lipinski definition) is 4. The molecule has 8 heteroatoms. The maximum Gasteiger partial charge on any atom is 0.261 e. The first-order chi connectivity index (χ1) is 18.4. The predicted octanol–water partition coefficient (Wildman–Crippen LogP) is 8.41. The summed E-state index contributed by atoms with van der Waals surface area (Å²) < 4.78 is 35.1. The molecule has 0 radical (unpaired) electrons. The summed E-state index contributed by atoms with van der Waals surface area (Å²) in [6, 6.07) is 26.9. The van der Waals surface area contributed by atoms with Gasteiger partial charge in [0, 0.05) is 32.9 Å². The molecule has 6 rings (SSSR count). The van der Waals surface area contributed by atoms with Crippen molar-refractivity contribution >= 4 is 44.6 Å². The molecule has 0 aromatic heterocycles. The minimum Gasteiger partial charge on any atom is -0.457 e. The van der Waals surface area contributed by atoms with Crippen molar-refractivity contribution in [3.05, 3.63) is 124 Å². The molecule has 4 aromatic rings. The van der Waals surface area contributed by atoms with Crippen LogP contribution in [0.2, 0.25) is 10.0 Å². The van der Waals surface area contributed by atoms with Crippen LogP contribution in [0.25, 0.3) is 0 Å². The topological polar surface area (TPSA) is 67.4 Å². The molecule has 192 valence electrons. The van der Waals surface area contributed by atoms with Gasteiger partial charge in [0.2, 0.25) is 0 Å². The molecule has 5 nitrogen and oxygen atoms in total. The van der Waals surface area contributed by atoms with E-state index in [4.69, 9.17) is 27.9 Å². The van der Waals surface area contributed by atoms with E-state index in [1.165, 1.54) is 0 Å². The Morgan fingerprint density at radius 2 is 1.55 bits per heavy atom. The average Bonchev–Trinajstić information content (AvgIpc) is 3.41. The van der Waals surface area contributed by atoms with Crippen LogP contribution >= 0.6 is 23.2 Å². The van der Waals surface area contributed by atoms with Crippen molar-refractivity contribution in [1.29, 1.82) is 0 Å². The Balaban J connectivity index is 1.25. The summed E-state index contributed by atoms with van der Waals surface area (Å²) >= 11 is 13.1. The molecule has 3 atom stereocenters. The highest BCUT2D eigenvalue weighted by atomic mass is 35.5. The number of allylic oxidation sites excluding steroid dienone is 2. The molecule has 1 aliphatic carbocycles. The van der Waals surface area contributed by atoms with Gasteiger partial charge in [0.05, 0.1) is 10.9 Å². The van der Waals surface area contributed by atoms with Crippen LogP contribution in [0, 0.1) is 5.92 Å². The zero-order valence-electron chi connectivity index (χ0n) is 20.1. The standard InChI is InChI=1S/C30H24Cl2N2O3S/c31-26-10-5-11-27(32)29(26)30-24-9-4-8-23(24)25-18-22(16-17-28(25)33-30)38(35,36)34-19-12-14-21(15-13-19)37-20-6-2-1-3-7-20/h1-8,10-18,23-24,30,33-34H,9H2/t23-,24+,30-/m0/s1. The smallest absolute Gasteiger partial charge is 0.261 e. The molecule has 2 N–H and O–H groups in total. The molecular weight excluding hydrogens is 539 g/mol. The first kappa shape index (κ1) is 24.9. The molecule has 0 saturated carbocycles. The third-order valence-corrected chi connectivity index (χ3v) is 9.08. The number of hydrogen-bond donors (Lipinski definition) is 2. The predicted molar refractivity (Wildman–Crippen MR) is 153 cm³/mol. The number of benzene rings is 4. The number of ether oxygens (including phenoxy) is 1. The SMILES string of the molecule is O=S(=O)(Nc1ccc(Oc2ccccc2)cc1)c1ccc2c(c1)[C@H]1C=CC[C@H]1[C@@H](c1c(Cl)cccc1Cl)N2. The Bertz CT molecular complexity index is 1600. The third kappa shape index (κ3) is 4.75. The number of fused-ring (bicyclic) bond motifs is 3. The first-order valence-electron chi connectivity index (χ1n) is 12.3. The third-order valence-electron chi connectivity index (χ3n) is 7.04. The molecule has 0 saturated heterocycles. The lowest BCUT2D eigenvalue weighted by Crippen LogP contribution is -2.29. The molecule has 0 bridgehead atoms. The van der Waals surface area contributed by atoms with E-state index in [9.17, 15) is 8.42 Å². The molecule has 38 heavy (non-hydrogen) atoms. The highest BCUT2D eigenvalue weighted by Gasteiger charge is 2.40. The molecule has 0 fully saturated rings. The Hall–Kier alpha value is -3.45. The van der Waals surface area contributed by atoms with Crippen LogP contribution in [-0.2, 0) is 10.0 Å². The van der Waals surface area contributed by atoms with Crippen LogP contribution in [0.1, 0.15) is 29.5 Å². The quantitative estimate of drug-likeness (QED) is 0.231. The number of nitrogens with one attached hydrogen (secondary N) is 2.